The molecule has 4 heteroatoms. The Kier molecular flexibility index (Phi) is 3.75. The van der Waals surface area contributed by atoms with Crippen molar-refractivity contribution in [2.24, 2.45) is 5.92 Å². The number of nitrogens with two attached hydrogens (primary N) is 1. The van der Waals surface area contributed by atoms with Crippen molar-refractivity contribution in [3.05, 3.63) is 24.3 Å². The minimum atomic E-state index is -0.00217. The van der Waals surface area contributed by atoms with Crippen LogP contribution in [0.15, 0.2) is 24.3 Å². The predicted molar refractivity (Wildman–Crippen MR) is 71.3 cm³/mol. The van der Waals surface area contributed by atoms with Gasteiger partial charge in [-0.1, -0.05) is 12.1 Å². The van der Waals surface area contributed by atoms with Crippen LogP contribution in [0.25, 0.3) is 0 Å². The van der Waals surface area contributed by atoms with E-state index in [4.69, 9.17) is 10.5 Å². The highest BCUT2D eigenvalue weighted by molar-refractivity contribution is 5.78. The highest BCUT2D eigenvalue weighted by atomic mass is 16.5. The van der Waals surface area contributed by atoms with Crippen LogP contribution in [0.1, 0.15) is 19.8 Å². The molecule has 1 unspecified atom stereocenters. The molecule has 0 saturated heterocycles. The summed E-state index contributed by atoms with van der Waals surface area (Å²) in [5.74, 6) is 1.23. The van der Waals surface area contributed by atoms with Gasteiger partial charge in [0, 0.05) is 13.1 Å². The first kappa shape index (κ1) is 12.7. The van der Waals surface area contributed by atoms with Crippen LogP contribution in [0.4, 0.5) is 5.69 Å². The van der Waals surface area contributed by atoms with E-state index in [9.17, 15) is 4.79 Å². The first-order valence-electron chi connectivity index (χ1n) is 6.32. The summed E-state index contributed by atoms with van der Waals surface area (Å²) in [4.78, 5) is 13.7. The summed E-state index contributed by atoms with van der Waals surface area (Å²) in [7, 11) is 1.84. The van der Waals surface area contributed by atoms with Crippen LogP contribution in [0.3, 0.4) is 0 Å². The molecule has 0 spiro atoms. The average Bonchev–Trinajstić information content (AvgIpc) is 3.20. The summed E-state index contributed by atoms with van der Waals surface area (Å²) in [6, 6.07) is 7.51. The fraction of sp³-hybridized carbons (Fsp3) is 0.500. The fourth-order valence-electron chi connectivity index (χ4n) is 1.98. The molecule has 1 aliphatic carbocycles. The van der Waals surface area contributed by atoms with Gasteiger partial charge < -0.3 is 15.4 Å². The third kappa shape index (κ3) is 2.94. The van der Waals surface area contributed by atoms with Crippen molar-refractivity contribution >= 4 is 11.6 Å². The molecule has 1 aromatic carbocycles. The molecule has 1 atom stereocenters. The maximum atomic E-state index is 12.0. The van der Waals surface area contributed by atoms with Crippen molar-refractivity contribution in [2.75, 3.05) is 19.4 Å². The summed E-state index contributed by atoms with van der Waals surface area (Å²) >= 11 is 0. The zero-order valence-corrected chi connectivity index (χ0v) is 10.9. The molecule has 2 rings (SSSR count). The number of nitrogens with zero attached hydrogens (tertiary/aromatic N) is 1. The fourth-order valence-corrected chi connectivity index (χ4v) is 1.98. The van der Waals surface area contributed by atoms with Gasteiger partial charge in [0.2, 0.25) is 0 Å². The smallest absolute Gasteiger partial charge is 0.260 e. The Labute approximate surface area is 108 Å². The highest BCUT2D eigenvalue weighted by Crippen LogP contribution is 2.34. The largest absolute Gasteiger partial charge is 0.482 e. The molecule has 2 N–H and O–H groups in total. The number of nitrogen functional groups attached to an aromatic ring is 1. The minimum absolute atomic E-state index is 0.00217. The summed E-state index contributed by atoms with van der Waals surface area (Å²) < 4.78 is 5.45. The van der Waals surface area contributed by atoms with Gasteiger partial charge in [-0.2, -0.15) is 0 Å². The van der Waals surface area contributed by atoms with E-state index < -0.39 is 0 Å². The molecular weight excluding hydrogens is 228 g/mol. The Morgan fingerprint density at radius 1 is 1.50 bits per heavy atom. The Hall–Kier alpha value is -1.71. The number of hydrogen-bond acceptors (Lipinski definition) is 3. The predicted octanol–water partition coefficient (Wildman–Crippen LogP) is 1.90. The third-order valence-electron chi connectivity index (χ3n) is 3.58. The first-order chi connectivity index (χ1) is 8.59. The molecule has 4 nitrogen and oxygen atoms in total. The first-order valence-corrected chi connectivity index (χ1v) is 6.32. The van der Waals surface area contributed by atoms with Crippen molar-refractivity contribution in [2.45, 2.75) is 25.8 Å². The molecule has 0 heterocycles. The lowest BCUT2D eigenvalue weighted by atomic mass is 10.2. The molecule has 0 aliphatic heterocycles. The van der Waals surface area contributed by atoms with E-state index in [-0.39, 0.29) is 12.5 Å². The molecule has 98 valence electrons. The summed E-state index contributed by atoms with van der Waals surface area (Å²) in [6.07, 6.45) is 2.45. The highest BCUT2D eigenvalue weighted by Gasteiger charge is 2.32. The van der Waals surface area contributed by atoms with E-state index >= 15 is 0 Å². The Morgan fingerprint density at radius 2 is 2.17 bits per heavy atom. The monoisotopic (exact) mass is 248 g/mol. The number of para-hydroxylation sites is 2. The molecule has 18 heavy (non-hydrogen) atoms. The molecule has 1 saturated carbocycles. The second-order valence-electron chi connectivity index (χ2n) is 4.91. The lowest BCUT2D eigenvalue weighted by Crippen LogP contribution is -2.39. The van der Waals surface area contributed by atoms with Gasteiger partial charge in [-0.05, 0) is 37.8 Å². The number of hydrogen-bond donors (Lipinski definition) is 1. The number of benzene rings is 1. The SMILES string of the molecule is CC(C1CC1)N(C)C(=O)COc1ccccc1N. The van der Waals surface area contributed by atoms with Crippen LogP contribution < -0.4 is 10.5 Å². The van der Waals surface area contributed by atoms with E-state index in [1.165, 1.54) is 12.8 Å². The van der Waals surface area contributed by atoms with Crippen LogP contribution in [-0.4, -0.2) is 30.5 Å². The van der Waals surface area contributed by atoms with Crippen molar-refractivity contribution in [1.82, 2.24) is 4.90 Å². The lowest BCUT2D eigenvalue weighted by molar-refractivity contribution is -0.134. The van der Waals surface area contributed by atoms with Gasteiger partial charge in [0.25, 0.3) is 5.91 Å². The van der Waals surface area contributed by atoms with Gasteiger partial charge in [0.05, 0.1) is 5.69 Å². The molecular formula is C14H20N2O2. The van der Waals surface area contributed by atoms with Gasteiger partial charge in [0.15, 0.2) is 6.61 Å². The Morgan fingerprint density at radius 3 is 2.78 bits per heavy atom. The van der Waals surface area contributed by atoms with Gasteiger partial charge in [-0.15, -0.1) is 0 Å². The number of carbonyl (C=O) groups excluding carboxylic acids is 1. The van der Waals surface area contributed by atoms with E-state index in [0.717, 1.165) is 0 Å². The topological polar surface area (TPSA) is 55.6 Å². The van der Waals surface area contributed by atoms with Crippen molar-refractivity contribution in [3.8, 4) is 5.75 Å². The number of rotatable bonds is 5. The van der Waals surface area contributed by atoms with Crippen molar-refractivity contribution in [1.29, 1.82) is 0 Å². The molecule has 1 amide bonds. The van der Waals surface area contributed by atoms with Crippen LogP contribution in [0.2, 0.25) is 0 Å². The van der Waals surface area contributed by atoms with Gasteiger partial charge in [-0.3, -0.25) is 4.79 Å². The van der Waals surface area contributed by atoms with Gasteiger partial charge in [-0.25, -0.2) is 0 Å². The molecule has 0 bridgehead atoms. The standard InChI is InChI=1S/C14H20N2O2/c1-10(11-7-8-11)16(2)14(17)9-18-13-6-4-3-5-12(13)15/h3-6,10-11H,7-9,15H2,1-2H3. The van der Waals surface area contributed by atoms with E-state index in [0.29, 0.717) is 23.4 Å². The maximum absolute atomic E-state index is 12.0. The number of carbonyl (C=O) groups is 1. The van der Waals surface area contributed by atoms with E-state index in [1.807, 2.05) is 19.2 Å². The van der Waals surface area contributed by atoms with Crippen LogP contribution in [0, 0.1) is 5.92 Å². The average molecular weight is 248 g/mol. The Bertz CT molecular complexity index is 430. The minimum Gasteiger partial charge on any atom is -0.482 e. The summed E-state index contributed by atoms with van der Waals surface area (Å²) in [6.45, 7) is 2.13. The number of likely N-dealkylation sites (N-methyl/N-ethyl adjacent to an activating group) is 1. The van der Waals surface area contributed by atoms with Crippen LogP contribution >= 0.6 is 0 Å². The second kappa shape index (κ2) is 5.29. The van der Waals surface area contributed by atoms with Crippen LogP contribution in [0.5, 0.6) is 5.75 Å². The maximum Gasteiger partial charge on any atom is 0.260 e. The zero-order valence-electron chi connectivity index (χ0n) is 10.9. The van der Waals surface area contributed by atoms with Gasteiger partial charge >= 0.3 is 0 Å². The van der Waals surface area contributed by atoms with E-state index in [2.05, 4.69) is 6.92 Å². The number of anilines is 1. The number of amides is 1. The third-order valence-corrected chi connectivity index (χ3v) is 3.58. The van der Waals surface area contributed by atoms with Crippen molar-refractivity contribution < 1.29 is 9.53 Å². The lowest BCUT2D eigenvalue weighted by Gasteiger charge is -2.24. The normalized spacial score (nSPS) is 16.1. The summed E-state index contributed by atoms with van der Waals surface area (Å²) in [5.41, 5.74) is 6.31. The molecule has 0 aromatic heterocycles. The van der Waals surface area contributed by atoms with Crippen LogP contribution in [-0.2, 0) is 4.79 Å². The Balaban J connectivity index is 1.86. The van der Waals surface area contributed by atoms with Gasteiger partial charge in [0.1, 0.15) is 5.75 Å². The number of ether oxygens (including phenoxy) is 1. The van der Waals surface area contributed by atoms with E-state index in [1.54, 1.807) is 17.0 Å². The molecule has 0 radical (unpaired) electrons. The molecule has 1 aromatic rings. The summed E-state index contributed by atoms with van der Waals surface area (Å²) in [5, 5.41) is 0. The zero-order chi connectivity index (χ0) is 13.1. The second-order valence-corrected chi connectivity index (χ2v) is 4.91. The van der Waals surface area contributed by atoms with Crippen molar-refractivity contribution in [3.63, 3.8) is 0 Å². The molecule has 1 fully saturated rings. The molecule has 1 aliphatic rings. The quantitative estimate of drug-likeness (QED) is 0.810.